The second-order valence-electron chi connectivity index (χ2n) is 8.96. The van der Waals surface area contributed by atoms with Gasteiger partial charge in [-0.3, -0.25) is 0 Å². The first-order valence-electron chi connectivity index (χ1n) is 11.1. The number of hydrogen-bond acceptors (Lipinski definition) is 3. The number of benzene rings is 2. The molecule has 5 rings (SSSR count). The molecule has 3 aromatic rings. The van der Waals surface area contributed by atoms with Crippen molar-refractivity contribution in [1.29, 1.82) is 0 Å². The minimum Gasteiger partial charge on any atom is -0.306 e. The molecule has 0 unspecified atom stereocenters. The summed E-state index contributed by atoms with van der Waals surface area (Å²) in [5, 5.41) is 0.977. The van der Waals surface area contributed by atoms with E-state index in [1.165, 1.54) is 23.3 Å². The first kappa shape index (κ1) is 21.8. The summed E-state index contributed by atoms with van der Waals surface area (Å²) >= 11 is 0. The van der Waals surface area contributed by atoms with Crippen LogP contribution in [-0.4, -0.2) is 23.5 Å². The van der Waals surface area contributed by atoms with Crippen molar-refractivity contribution in [3.8, 4) is 16.9 Å². The minimum absolute atomic E-state index is 0.128. The third-order valence-electron chi connectivity index (χ3n) is 7.23. The summed E-state index contributed by atoms with van der Waals surface area (Å²) in [4.78, 5) is 4.56. The lowest BCUT2D eigenvalue weighted by Gasteiger charge is -2.36. The Morgan fingerprint density at radius 3 is 2.42 bits per heavy atom. The van der Waals surface area contributed by atoms with E-state index in [1.54, 1.807) is 24.5 Å². The summed E-state index contributed by atoms with van der Waals surface area (Å²) in [5.41, 5.74) is 4.47. The van der Waals surface area contributed by atoms with Crippen molar-refractivity contribution in [3.05, 3.63) is 96.6 Å². The Bertz CT molecular complexity index is 1330. The van der Waals surface area contributed by atoms with Crippen LogP contribution < -0.4 is 4.72 Å². The molecule has 0 amide bonds. The molecule has 2 aliphatic carbocycles. The van der Waals surface area contributed by atoms with Crippen LogP contribution in [0.4, 0.5) is 4.39 Å². The fourth-order valence-electron chi connectivity index (χ4n) is 5.52. The van der Waals surface area contributed by atoms with E-state index >= 15 is 0 Å². The third-order valence-corrected chi connectivity index (χ3v) is 8.31. The van der Waals surface area contributed by atoms with Gasteiger partial charge in [0, 0.05) is 22.9 Å². The standard InChI is InChI=1S/C26H26FN3O2S/c1-3-26(29-33(31,32)4-2)21-7-8-22(26)15-20-13-19(6-5-18(20)14-21)25-16-30(17-28-25)24-11-9-23(27)10-12-24/h3-6,9-13,16-17,21-22,29H,1-2,7-8,14-15H2/t21-,22+,26+/m0/s1. The molecule has 1 N–H and O–H groups in total. The van der Waals surface area contributed by atoms with Gasteiger partial charge < -0.3 is 4.57 Å². The van der Waals surface area contributed by atoms with Crippen molar-refractivity contribution < 1.29 is 12.8 Å². The number of hydrogen-bond donors (Lipinski definition) is 1. The van der Waals surface area contributed by atoms with E-state index in [9.17, 15) is 12.8 Å². The van der Waals surface area contributed by atoms with Gasteiger partial charge in [-0.05, 0) is 79.0 Å². The highest BCUT2D eigenvalue weighted by Gasteiger charge is 2.51. The van der Waals surface area contributed by atoms with E-state index < -0.39 is 15.6 Å². The topological polar surface area (TPSA) is 64.0 Å². The summed E-state index contributed by atoms with van der Waals surface area (Å²) in [5.74, 6) is 0.00706. The van der Waals surface area contributed by atoms with Crippen LogP contribution in [0.5, 0.6) is 0 Å². The summed E-state index contributed by atoms with van der Waals surface area (Å²) in [6, 6.07) is 12.7. The van der Waals surface area contributed by atoms with Gasteiger partial charge in [0.05, 0.1) is 17.6 Å². The Labute approximate surface area is 193 Å². The van der Waals surface area contributed by atoms with E-state index in [0.717, 1.165) is 48.0 Å². The monoisotopic (exact) mass is 463 g/mol. The largest absolute Gasteiger partial charge is 0.306 e. The van der Waals surface area contributed by atoms with Crippen molar-refractivity contribution in [2.24, 2.45) is 11.8 Å². The van der Waals surface area contributed by atoms with Crippen LogP contribution in [0.2, 0.25) is 0 Å². The maximum atomic E-state index is 13.2. The average Bonchev–Trinajstić information content (AvgIpc) is 3.37. The van der Waals surface area contributed by atoms with E-state index in [-0.39, 0.29) is 17.7 Å². The lowest BCUT2D eigenvalue weighted by molar-refractivity contribution is 0.290. The van der Waals surface area contributed by atoms with E-state index in [0.29, 0.717) is 0 Å². The van der Waals surface area contributed by atoms with Crippen LogP contribution in [0, 0.1) is 17.7 Å². The maximum absolute atomic E-state index is 13.2. The van der Waals surface area contributed by atoms with Gasteiger partial charge in [-0.2, -0.15) is 0 Å². The molecule has 1 heterocycles. The van der Waals surface area contributed by atoms with Crippen molar-refractivity contribution >= 4 is 10.0 Å². The van der Waals surface area contributed by atoms with Gasteiger partial charge in [0.25, 0.3) is 0 Å². The molecule has 3 atom stereocenters. The van der Waals surface area contributed by atoms with Crippen LogP contribution >= 0.6 is 0 Å². The Kier molecular flexibility index (Phi) is 5.34. The highest BCUT2D eigenvalue weighted by Crippen LogP contribution is 2.48. The van der Waals surface area contributed by atoms with Gasteiger partial charge in [-0.1, -0.05) is 24.8 Å². The summed E-state index contributed by atoms with van der Waals surface area (Å²) in [6.45, 7) is 7.48. The van der Waals surface area contributed by atoms with E-state index in [2.05, 4.69) is 41.1 Å². The Morgan fingerprint density at radius 2 is 1.76 bits per heavy atom. The first-order chi connectivity index (χ1) is 15.8. The number of rotatable bonds is 6. The van der Waals surface area contributed by atoms with Gasteiger partial charge in [0.1, 0.15) is 5.82 Å². The molecular formula is C26H26FN3O2S. The third kappa shape index (κ3) is 3.85. The van der Waals surface area contributed by atoms with Crippen LogP contribution in [-0.2, 0) is 22.9 Å². The first-order valence-corrected chi connectivity index (χ1v) is 12.6. The van der Waals surface area contributed by atoms with Crippen molar-refractivity contribution in [1.82, 2.24) is 14.3 Å². The second kappa shape index (κ2) is 8.08. The Morgan fingerprint density at radius 1 is 1.06 bits per heavy atom. The van der Waals surface area contributed by atoms with Gasteiger partial charge in [-0.15, -0.1) is 6.58 Å². The zero-order valence-corrected chi connectivity index (χ0v) is 19.1. The van der Waals surface area contributed by atoms with Crippen LogP contribution in [0.3, 0.4) is 0 Å². The molecule has 1 saturated carbocycles. The zero-order valence-electron chi connectivity index (χ0n) is 18.2. The average molecular weight is 464 g/mol. The van der Waals surface area contributed by atoms with Gasteiger partial charge >= 0.3 is 0 Å². The molecule has 1 aromatic heterocycles. The van der Waals surface area contributed by atoms with Crippen molar-refractivity contribution in [2.75, 3.05) is 0 Å². The molecule has 0 spiro atoms. The molecule has 2 aliphatic rings. The Balaban J connectivity index is 1.47. The molecule has 2 bridgehead atoms. The molecular weight excluding hydrogens is 437 g/mol. The molecule has 5 nitrogen and oxygen atoms in total. The predicted molar refractivity (Wildman–Crippen MR) is 128 cm³/mol. The fraction of sp³-hybridized carbons (Fsp3) is 0.269. The number of aromatic nitrogens is 2. The number of sulfonamides is 1. The molecule has 33 heavy (non-hydrogen) atoms. The highest BCUT2D eigenvalue weighted by atomic mass is 32.2. The SMILES string of the molecule is C=C[C@]1(NS(=O)(=O)C=C)[C@@H]2CC[C@H]1Cc1ccc(-c3cn(-c4ccc(F)cc4)cn3)cc1C2. The molecule has 0 radical (unpaired) electrons. The van der Waals surface area contributed by atoms with Crippen molar-refractivity contribution in [3.63, 3.8) is 0 Å². The molecule has 0 saturated heterocycles. The lowest BCUT2D eigenvalue weighted by atomic mass is 9.80. The zero-order chi connectivity index (χ0) is 23.2. The summed E-state index contributed by atoms with van der Waals surface area (Å²) in [6.07, 6.45) is 8.92. The number of imidazole rings is 1. The number of nitrogens with zero attached hydrogens (tertiary/aromatic N) is 2. The maximum Gasteiger partial charge on any atom is 0.233 e. The Hall–Kier alpha value is -3.03. The molecule has 170 valence electrons. The number of fused-ring (bicyclic) bond motifs is 3. The van der Waals surface area contributed by atoms with Gasteiger partial charge in [0.15, 0.2) is 0 Å². The molecule has 2 aromatic carbocycles. The summed E-state index contributed by atoms with van der Waals surface area (Å²) in [7, 11) is -3.59. The van der Waals surface area contributed by atoms with Gasteiger partial charge in [0.2, 0.25) is 10.0 Å². The van der Waals surface area contributed by atoms with E-state index in [1.807, 2.05) is 10.8 Å². The lowest BCUT2D eigenvalue weighted by Crippen LogP contribution is -2.53. The predicted octanol–water partition coefficient (Wildman–Crippen LogP) is 4.79. The van der Waals surface area contributed by atoms with Crippen LogP contribution in [0.25, 0.3) is 16.9 Å². The smallest absolute Gasteiger partial charge is 0.233 e. The van der Waals surface area contributed by atoms with E-state index in [4.69, 9.17) is 0 Å². The quantitative estimate of drug-likeness (QED) is 0.535. The summed E-state index contributed by atoms with van der Waals surface area (Å²) < 4.78 is 42.8. The van der Waals surface area contributed by atoms with Crippen LogP contribution in [0.1, 0.15) is 24.0 Å². The number of nitrogens with one attached hydrogen (secondary N) is 1. The van der Waals surface area contributed by atoms with Gasteiger partial charge in [-0.25, -0.2) is 22.5 Å². The normalized spacial score (nSPS) is 24.2. The minimum atomic E-state index is -3.59. The molecule has 1 fully saturated rings. The number of halogens is 1. The fourth-order valence-corrected chi connectivity index (χ4v) is 6.51. The molecule has 7 heteroatoms. The highest BCUT2D eigenvalue weighted by molar-refractivity contribution is 7.92. The second-order valence-corrected chi connectivity index (χ2v) is 10.6. The molecule has 0 aliphatic heterocycles. The van der Waals surface area contributed by atoms with Crippen LogP contribution in [0.15, 0.2) is 79.6 Å². The van der Waals surface area contributed by atoms with Crippen molar-refractivity contribution in [2.45, 2.75) is 31.2 Å².